The zero-order valence-corrected chi connectivity index (χ0v) is 19.5. The Bertz CT molecular complexity index is 1080. The molecule has 174 valence electrons. The minimum absolute atomic E-state index is 0.0118. The highest BCUT2D eigenvalue weighted by molar-refractivity contribution is 6.40. The molecule has 2 aromatic carbocycles. The van der Waals surface area contributed by atoms with E-state index in [-0.39, 0.29) is 27.9 Å². The van der Waals surface area contributed by atoms with E-state index in [4.69, 9.17) is 23.2 Å². The minimum Gasteiger partial charge on any atom is -0.480 e. The molecule has 33 heavy (non-hydrogen) atoms. The lowest BCUT2D eigenvalue weighted by molar-refractivity contribution is -0.147. The van der Waals surface area contributed by atoms with Gasteiger partial charge in [0.1, 0.15) is 11.5 Å². The molecule has 3 rings (SSSR count). The molecular weight excluding hydrogens is 469 g/mol. The lowest BCUT2D eigenvalue weighted by Gasteiger charge is -2.22. The van der Waals surface area contributed by atoms with Gasteiger partial charge in [0.15, 0.2) is 0 Å². The molecule has 1 fully saturated rings. The van der Waals surface area contributed by atoms with Crippen molar-refractivity contribution in [3.05, 3.63) is 63.6 Å². The number of anilines is 1. The van der Waals surface area contributed by atoms with Crippen molar-refractivity contribution in [1.82, 2.24) is 10.2 Å². The number of nitrogens with one attached hydrogen (secondary N) is 2. The smallest absolute Gasteiger partial charge is 0.326 e. The van der Waals surface area contributed by atoms with E-state index >= 15 is 0 Å². The van der Waals surface area contributed by atoms with E-state index < -0.39 is 29.2 Å². The van der Waals surface area contributed by atoms with Gasteiger partial charge in [-0.2, -0.15) is 0 Å². The second kappa shape index (κ2) is 9.80. The average Bonchev–Trinajstić information content (AvgIpc) is 3.55. The van der Waals surface area contributed by atoms with Gasteiger partial charge < -0.3 is 20.6 Å². The molecule has 0 heterocycles. The van der Waals surface area contributed by atoms with Crippen LogP contribution in [0.5, 0.6) is 0 Å². The Kier molecular flexibility index (Phi) is 7.29. The normalized spacial score (nSPS) is 14.7. The first-order valence-corrected chi connectivity index (χ1v) is 10.9. The molecule has 1 aliphatic rings. The number of carboxylic acids is 1. The number of nitrogens with zero attached hydrogens (tertiary/aromatic N) is 1. The molecule has 10 heteroatoms. The molecule has 2 aromatic rings. The van der Waals surface area contributed by atoms with E-state index in [0.717, 1.165) is 0 Å². The summed E-state index contributed by atoms with van der Waals surface area (Å²) in [6, 6.07) is 10.1. The first kappa shape index (κ1) is 24.5. The lowest BCUT2D eigenvalue weighted by atomic mass is 10.0. The number of aliphatic carboxylic acids is 1. The van der Waals surface area contributed by atoms with E-state index in [1.807, 2.05) is 0 Å². The van der Waals surface area contributed by atoms with E-state index in [9.17, 15) is 24.3 Å². The number of halogens is 2. The van der Waals surface area contributed by atoms with Crippen LogP contribution in [0.1, 0.15) is 28.8 Å². The summed E-state index contributed by atoms with van der Waals surface area (Å²) in [5, 5.41) is 15.2. The molecule has 3 N–H and O–H groups in total. The predicted molar refractivity (Wildman–Crippen MR) is 124 cm³/mol. The maximum absolute atomic E-state index is 12.7. The highest BCUT2D eigenvalue weighted by atomic mass is 35.5. The first-order chi connectivity index (χ1) is 15.5. The van der Waals surface area contributed by atoms with Gasteiger partial charge in [-0.05, 0) is 42.7 Å². The van der Waals surface area contributed by atoms with Gasteiger partial charge in [0, 0.05) is 26.2 Å². The van der Waals surface area contributed by atoms with Crippen molar-refractivity contribution in [2.75, 3.05) is 19.4 Å². The van der Waals surface area contributed by atoms with Crippen LogP contribution in [0.2, 0.25) is 10.0 Å². The molecule has 1 saturated carbocycles. The third kappa shape index (κ3) is 5.46. The van der Waals surface area contributed by atoms with Crippen LogP contribution in [0.3, 0.4) is 0 Å². The van der Waals surface area contributed by atoms with Gasteiger partial charge in [-0.15, -0.1) is 0 Å². The van der Waals surface area contributed by atoms with Crippen LogP contribution in [0.25, 0.3) is 0 Å². The summed E-state index contributed by atoms with van der Waals surface area (Å²) in [6.45, 7) is 0. The number of hydrogen-bond acceptors (Lipinski definition) is 4. The van der Waals surface area contributed by atoms with Crippen LogP contribution < -0.4 is 10.6 Å². The largest absolute Gasteiger partial charge is 0.480 e. The van der Waals surface area contributed by atoms with Crippen LogP contribution in [-0.2, 0) is 20.8 Å². The minimum atomic E-state index is -1.21. The van der Waals surface area contributed by atoms with Crippen LogP contribution in [-0.4, -0.2) is 53.8 Å². The summed E-state index contributed by atoms with van der Waals surface area (Å²) >= 11 is 12.1. The molecule has 0 radical (unpaired) electrons. The fourth-order valence-corrected chi connectivity index (χ4v) is 4.02. The molecule has 0 unspecified atom stereocenters. The lowest BCUT2D eigenvalue weighted by Crippen LogP contribution is -2.49. The van der Waals surface area contributed by atoms with Crippen molar-refractivity contribution < 1.29 is 24.3 Å². The molecule has 0 aromatic heterocycles. The number of rotatable bonds is 8. The fourth-order valence-electron chi connectivity index (χ4n) is 3.46. The summed E-state index contributed by atoms with van der Waals surface area (Å²) < 4.78 is 0. The maximum atomic E-state index is 12.7. The molecule has 0 aliphatic heterocycles. The highest BCUT2D eigenvalue weighted by Crippen LogP contribution is 2.47. The van der Waals surface area contributed by atoms with Crippen molar-refractivity contribution in [1.29, 1.82) is 0 Å². The SMILES string of the molecule is CN(C)C(=O)C1(C(=O)N[C@@H](Cc2ccc(NC(=O)c3c(Cl)cccc3Cl)cc2)C(=O)O)CC1. The third-order valence-corrected chi connectivity index (χ3v) is 6.08. The van der Waals surface area contributed by atoms with Crippen molar-refractivity contribution in [2.24, 2.45) is 5.41 Å². The van der Waals surface area contributed by atoms with Gasteiger partial charge >= 0.3 is 5.97 Å². The third-order valence-electron chi connectivity index (χ3n) is 5.45. The molecule has 3 amide bonds. The summed E-state index contributed by atoms with van der Waals surface area (Å²) in [7, 11) is 3.12. The maximum Gasteiger partial charge on any atom is 0.326 e. The zero-order valence-electron chi connectivity index (χ0n) is 18.0. The van der Waals surface area contributed by atoms with Crippen molar-refractivity contribution in [2.45, 2.75) is 25.3 Å². The molecule has 8 nitrogen and oxygen atoms in total. The fraction of sp³-hybridized carbons (Fsp3) is 0.304. The second-order valence-electron chi connectivity index (χ2n) is 8.10. The number of hydrogen-bond donors (Lipinski definition) is 3. The van der Waals surface area contributed by atoms with E-state index in [0.29, 0.717) is 24.1 Å². The summed E-state index contributed by atoms with van der Waals surface area (Å²) in [6.07, 6.45) is 0.802. The van der Waals surface area contributed by atoms with Crippen LogP contribution in [0.4, 0.5) is 5.69 Å². The number of amides is 3. The summed E-state index contributed by atoms with van der Waals surface area (Å²) in [4.78, 5) is 50.5. The quantitative estimate of drug-likeness (QED) is 0.490. The number of carbonyl (C=O) groups is 4. The predicted octanol–water partition coefficient (Wildman–Crippen LogP) is 3.23. The summed E-state index contributed by atoms with van der Waals surface area (Å²) in [5.74, 6) is -2.59. The van der Waals surface area contributed by atoms with E-state index in [2.05, 4.69) is 10.6 Å². The van der Waals surface area contributed by atoms with Gasteiger partial charge in [-0.1, -0.05) is 41.4 Å². The van der Waals surface area contributed by atoms with Crippen molar-refractivity contribution >= 4 is 52.6 Å². The number of carboxylic acid groups (broad SMARTS) is 1. The second-order valence-corrected chi connectivity index (χ2v) is 8.91. The molecule has 0 bridgehead atoms. The summed E-state index contributed by atoms with van der Waals surface area (Å²) in [5.41, 5.74) is 0.0648. The van der Waals surface area contributed by atoms with Gasteiger partial charge in [-0.3, -0.25) is 14.4 Å². The molecular formula is C23H23Cl2N3O5. The number of carbonyl (C=O) groups excluding carboxylic acids is 3. The molecule has 1 aliphatic carbocycles. The zero-order chi connectivity index (χ0) is 24.3. The van der Waals surface area contributed by atoms with Gasteiger partial charge in [-0.25, -0.2) is 4.79 Å². The van der Waals surface area contributed by atoms with Gasteiger partial charge in [0.2, 0.25) is 11.8 Å². The Morgan fingerprint density at radius 2 is 1.61 bits per heavy atom. The van der Waals surface area contributed by atoms with E-state index in [1.54, 1.807) is 56.6 Å². The van der Waals surface area contributed by atoms with Crippen molar-refractivity contribution in [3.63, 3.8) is 0 Å². The Labute approximate surface area is 200 Å². The monoisotopic (exact) mass is 491 g/mol. The molecule has 0 spiro atoms. The standard InChI is InChI=1S/C23H23Cl2N3O5/c1-28(2)22(33)23(10-11-23)21(32)27-17(20(30)31)12-13-6-8-14(9-7-13)26-19(29)18-15(24)4-3-5-16(18)25/h3-9,17H,10-12H2,1-2H3,(H,26,29)(H,27,32)(H,30,31)/t17-/m0/s1. The van der Waals surface area contributed by atoms with Crippen LogP contribution >= 0.6 is 23.2 Å². The topological polar surface area (TPSA) is 116 Å². The van der Waals surface area contributed by atoms with Gasteiger partial charge in [0.05, 0.1) is 15.6 Å². The Morgan fingerprint density at radius 3 is 2.09 bits per heavy atom. The first-order valence-electron chi connectivity index (χ1n) is 10.1. The van der Waals surface area contributed by atoms with Crippen LogP contribution in [0.15, 0.2) is 42.5 Å². The number of benzene rings is 2. The highest BCUT2D eigenvalue weighted by Gasteiger charge is 2.57. The van der Waals surface area contributed by atoms with Crippen molar-refractivity contribution in [3.8, 4) is 0 Å². The Hall–Kier alpha value is -3.10. The van der Waals surface area contributed by atoms with Gasteiger partial charge in [0.25, 0.3) is 5.91 Å². The molecule has 0 saturated heterocycles. The molecule has 1 atom stereocenters. The Balaban J connectivity index is 1.66. The van der Waals surface area contributed by atoms with E-state index in [1.165, 1.54) is 4.90 Å². The Morgan fingerprint density at radius 1 is 1.03 bits per heavy atom. The van der Waals surface area contributed by atoms with Crippen LogP contribution in [0, 0.1) is 5.41 Å². The average molecular weight is 492 g/mol.